The van der Waals surface area contributed by atoms with Gasteiger partial charge in [0.1, 0.15) is 17.5 Å². The van der Waals surface area contributed by atoms with E-state index in [0.717, 1.165) is 6.42 Å². The number of carbonyl (C=O) groups excluding carboxylic acids is 3. The summed E-state index contributed by atoms with van der Waals surface area (Å²) in [5.74, 6) is 0.169. The lowest BCUT2D eigenvalue weighted by molar-refractivity contribution is -0.128. The van der Waals surface area contributed by atoms with Crippen LogP contribution in [0.2, 0.25) is 0 Å². The predicted octanol–water partition coefficient (Wildman–Crippen LogP) is 3.08. The molecule has 2 aliphatic heterocycles. The molecule has 2 aromatic rings. The molecule has 0 saturated carbocycles. The van der Waals surface area contributed by atoms with Crippen LogP contribution in [0.1, 0.15) is 53.8 Å². The minimum atomic E-state index is -0.929. The summed E-state index contributed by atoms with van der Waals surface area (Å²) in [6, 6.07) is 15.3. The smallest absolute Gasteiger partial charge is 0.256 e. The lowest BCUT2D eigenvalue weighted by atomic mass is 9.96. The lowest BCUT2D eigenvalue weighted by Crippen LogP contribution is -2.60. The summed E-state index contributed by atoms with van der Waals surface area (Å²) in [5, 5.41) is 3.00. The van der Waals surface area contributed by atoms with Gasteiger partial charge in [0.15, 0.2) is 0 Å². The number of nitrogens with one attached hydrogen (secondary N) is 1. The van der Waals surface area contributed by atoms with Crippen molar-refractivity contribution in [3.63, 3.8) is 0 Å². The molecule has 35 heavy (non-hydrogen) atoms. The number of carbonyl (C=O) groups is 3. The Morgan fingerprint density at radius 1 is 1.03 bits per heavy atom. The first-order valence-electron chi connectivity index (χ1n) is 12.1. The third-order valence-corrected chi connectivity index (χ3v) is 6.97. The highest BCUT2D eigenvalue weighted by Gasteiger charge is 2.54. The van der Waals surface area contributed by atoms with Crippen LogP contribution in [0.5, 0.6) is 5.75 Å². The third-order valence-electron chi connectivity index (χ3n) is 6.97. The Hall–Kier alpha value is -3.39. The molecule has 8 heteroatoms. The molecule has 186 valence electrons. The minimum absolute atomic E-state index is 0.00306. The van der Waals surface area contributed by atoms with Gasteiger partial charge in [0.05, 0.1) is 13.7 Å². The van der Waals surface area contributed by atoms with Gasteiger partial charge in [0.25, 0.3) is 11.8 Å². The fourth-order valence-electron chi connectivity index (χ4n) is 4.70. The SMILES string of the molecule is CC[C@@H](C)NC(=O)[C@@H]1COC2(CCN(C(=O)c3ccc(OC)cc3)CC2)N1C(=O)c1ccccc1. The zero-order chi connectivity index (χ0) is 25.0. The van der Waals surface area contributed by atoms with Crippen LogP contribution in [-0.2, 0) is 9.53 Å². The molecule has 2 aromatic carbocycles. The average molecular weight is 480 g/mol. The van der Waals surface area contributed by atoms with Crippen LogP contribution in [0, 0.1) is 0 Å². The predicted molar refractivity (Wildman–Crippen MR) is 131 cm³/mol. The molecule has 1 spiro atoms. The largest absolute Gasteiger partial charge is 0.497 e. The standard InChI is InChI=1S/C27H33N3O5/c1-4-19(2)28-24(31)23-18-35-27(30(23)26(33)20-8-6-5-7-9-20)14-16-29(17-15-27)25(32)21-10-12-22(34-3)13-11-21/h5-13,19,23H,4,14-18H2,1-3H3,(H,28,31)/t19-,23+/m1/s1. The van der Waals surface area contributed by atoms with E-state index in [-0.39, 0.29) is 30.4 Å². The maximum Gasteiger partial charge on any atom is 0.256 e. The molecule has 4 rings (SSSR count). The highest BCUT2D eigenvalue weighted by molar-refractivity contribution is 5.98. The maximum atomic E-state index is 13.7. The van der Waals surface area contributed by atoms with Crippen LogP contribution in [0.4, 0.5) is 0 Å². The van der Waals surface area contributed by atoms with Gasteiger partial charge in [-0.2, -0.15) is 0 Å². The monoisotopic (exact) mass is 479 g/mol. The molecule has 0 radical (unpaired) electrons. The van der Waals surface area contributed by atoms with E-state index in [1.807, 2.05) is 19.9 Å². The zero-order valence-corrected chi connectivity index (χ0v) is 20.5. The number of amides is 3. The van der Waals surface area contributed by atoms with Crippen LogP contribution in [0.3, 0.4) is 0 Å². The maximum absolute atomic E-state index is 13.7. The van der Waals surface area contributed by atoms with Crippen molar-refractivity contribution in [2.24, 2.45) is 0 Å². The number of ether oxygens (including phenoxy) is 2. The van der Waals surface area contributed by atoms with E-state index >= 15 is 0 Å². The molecule has 2 saturated heterocycles. The Balaban J connectivity index is 1.54. The molecule has 2 atom stereocenters. The first kappa shape index (κ1) is 24.7. The molecule has 0 aromatic heterocycles. The second kappa shape index (κ2) is 10.5. The van der Waals surface area contributed by atoms with Crippen molar-refractivity contribution in [3.8, 4) is 5.75 Å². The minimum Gasteiger partial charge on any atom is -0.497 e. The van der Waals surface area contributed by atoms with Gasteiger partial charge < -0.3 is 19.7 Å². The van der Waals surface area contributed by atoms with Crippen LogP contribution < -0.4 is 10.1 Å². The summed E-state index contributed by atoms with van der Waals surface area (Å²) in [6.07, 6.45) is 1.65. The highest BCUT2D eigenvalue weighted by Crippen LogP contribution is 2.39. The Labute approximate surface area is 206 Å². The van der Waals surface area contributed by atoms with E-state index in [9.17, 15) is 14.4 Å². The molecule has 0 unspecified atom stereocenters. The number of benzene rings is 2. The Morgan fingerprint density at radius 2 is 1.66 bits per heavy atom. The van der Waals surface area contributed by atoms with Gasteiger partial charge >= 0.3 is 0 Å². The summed E-state index contributed by atoms with van der Waals surface area (Å²) in [5.41, 5.74) is 0.161. The summed E-state index contributed by atoms with van der Waals surface area (Å²) >= 11 is 0. The van der Waals surface area contributed by atoms with Crippen LogP contribution in [0.15, 0.2) is 54.6 Å². The number of rotatable bonds is 6. The van der Waals surface area contributed by atoms with E-state index in [1.54, 1.807) is 65.4 Å². The molecule has 2 aliphatic rings. The van der Waals surface area contributed by atoms with E-state index < -0.39 is 11.8 Å². The summed E-state index contributed by atoms with van der Waals surface area (Å²) in [4.78, 5) is 43.3. The van der Waals surface area contributed by atoms with E-state index in [1.165, 1.54) is 0 Å². The van der Waals surface area contributed by atoms with Crippen molar-refractivity contribution < 1.29 is 23.9 Å². The number of piperidine rings is 1. The van der Waals surface area contributed by atoms with Crippen molar-refractivity contribution in [3.05, 3.63) is 65.7 Å². The second-order valence-electron chi connectivity index (χ2n) is 9.15. The normalized spacial score (nSPS) is 19.9. The molecule has 8 nitrogen and oxygen atoms in total. The molecule has 0 aliphatic carbocycles. The number of hydrogen-bond acceptors (Lipinski definition) is 5. The van der Waals surface area contributed by atoms with Crippen molar-refractivity contribution >= 4 is 17.7 Å². The average Bonchev–Trinajstić information content (AvgIpc) is 3.27. The molecular weight excluding hydrogens is 446 g/mol. The van der Waals surface area contributed by atoms with Gasteiger partial charge in [0.2, 0.25) is 5.91 Å². The summed E-state index contributed by atoms with van der Waals surface area (Å²) in [7, 11) is 1.58. The Kier molecular flexibility index (Phi) is 7.40. The molecule has 0 bridgehead atoms. The number of hydrogen-bond donors (Lipinski definition) is 1. The van der Waals surface area contributed by atoms with E-state index in [2.05, 4.69) is 5.32 Å². The van der Waals surface area contributed by atoms with E-state index in [4.69, 9.17) is 9.47 Å². The molecule has 1 N–H and O–H groups in total. The fourth-order valence-corrected chi connectivity index (χ4v) is 4.70. The van der Waals surface area contributed by atoms with Crippen molar-refractivity contribution in [1.29, 1.82) is 0 Å². The number of nitrogens with zero attached hydrogens (tertiary/aromatic N) is 2. The fraction of sp³-hybridized carbons (Fsp3) is 0.444. The Bertz CT molecular complexity index is 1050. The quantitative estimate of drug-likeness (QED) is 0.688. The van der Waals surface area contributed by atoms with Crippen molar-refractivity contribution in [1.82, 2.24) is 15.1 Å². The summed E-state index contributed by atoms with van der Waals surface area (Å²) < 4.78 is 11.4. The second-order valence-corrected chi connectivity index (χ2v) is 9.15. The topological polar surface area (TPSA) is 88.2 Å². The number of likely N-dealkylation sites (tertiary alicyclic amines) is 1. The number of methoxy groups -OCH3 is 1. The van der Waals surface area contributed by atoms with E-state index in [0.29, 0.717) is 42.8 Å². The zero-order valence-electron chi connectivity index (χ0n) is 20.5. The van der Waals surface area contributed by atoms with Gasteiger partial charge in [-0.05, 0) is 49.7 Å². The first-order valence-corrected chi connectivity index (χ1v) is 12.1. The lowest BCUT2D eigenvalue weighted by Gasteiger charge is -2.44. The first-order chi connectivity index (χ1) is 16.9. The van der Waals surface area contributed by atoms with Gasteiger partial charge in [-0.25, -0.2) is 0 Å². The van der Waals surface area contributed by atoms with Crippen LogP contribution in [-0.4, -0.2) is 72.1 Å². The molecule has 2 fully saturated rings. The third kappa shape index (κ3) is 5.03. The molecular formula is C27H33N3O5. The van der Waals surface area contributed by atoms with Crippen molar-refractivity contribution in [2.75, 3.05) is 26.8 Å². The van der Waals surface area contributed by atoms with Gasteiger partial charge in [0, 0.05) is 43.1 Å². The Morgan fingerprint density at radius 3 is 2.26 bits per heavy atom. The van der Waals surface area contributed by atoms with Gasteiger partial charge in [-0.1, -0.05) is 25.1 Å². The summed E-state index contributed by atoms with van der Waals surface area (Å²) in [6.45, 7) is 4.91. The van der Waals surface area contributed by atoms with Gasteiger partial charge in [-0.3, -0.25) is 19.3 Å². The van der Waals surface area contributed by atoms with Crippen LogP contribution in [0.25, 0.3) is 0 Å². The molecule has 3 amide bonds. The molecule has 2 heterocycles. The van der Waals surface area contributed by atoms with Crippen molar-refractivity contribution in [2.45, 2.75) is 50.9 Å². The van der Waals surface area contributed by atoms with Gasteiger partial charge in [-0.15, -0.1) is 0 Å². The van der Waals surface area contributed by atoms with Crippen LogP contribution >= 0.6 is 0 Å². The highest BCUT2D eigenvalue weighted by atomic mass is 16.5.